The van der Waals surface area contributed by atoms with Crippen LogP contribution in [0.4, 0.5) is 5.82 Å². The third-order valence-corrected chi connectivity index (χ3v) is 12.1. The second kappa shape index (κ2) is 19.8. The summed E-state index contributed by atoms with van der Waals surface area (Å²) < 4.78 is 62.1. The molecule has 1 fully saturated rings. The maximum atomic E-state index is 12.7. The second-order valence-corrected chi connectivity index (χ2v) is 18.3. The zero-order valence-electron chi connectivity index (χ0n) is 30.1. The molecule has 1 aliphatic rings. The minimum absolute atomic E-state index is 0.0316. The predicted molar refractivity (Wildman–Crippen MR) is 191 cm³/mol. The third kappa shape index (κ3) is 14.2. The maximum absolute atomic E-state index is 12.7. The first-order valence-corrected chi connectivity index (χ1v) is 22.0. The van der Waals surface area contributed by atoms with E-state index in [9.17, 15) is 57.9 Å². The van der Waals surface area contributed by atoms with Gasteiger partial charge in [0.1, 0.15) is 36.3 Å². The largest absolute Gasteiger partial charge is 0.481 e. The Morgan fingerprint density at radius 3 is 2.40 bits per heavy atom. The van der Waals surface area contributed by atoms with E-state index < -0.39 is 84.6 Å². The molecule has 3 heterocycles. The minimum atomic E-state index is -5.56. The van der Waals surface area contributed by atoms with Gasteiger partial charge in [-0.05, 0) is 6.42 Å². The molecule has 55 heavy (non-hydrogen) atoms. The third-order valence-electron chi connectivity index (χ3n) is 7.87. The Labute approximate surface area is 318 Å². The average molecular weight is 866 g/mol. The smallest absolute Gasteiger partial charge is 0.386 e. The number of imidazole rings is 1. The maximum Gasteiger partial charge on any atom is 0.481 e. The number of aromatic nitrogens is 4. The molecule has 0 aromatic carbocycles. The summed E-state index contributed by atoms with van der Waals surface area (Å²) in [6.45, 7) is 4.36. The Kier molecular flexibility index (Phi) is 16.9. The highest BCUT2D eigenvalue weighted by molar-refractivity contribution is 8.13. The number of ether oxygens (including phenoxy) is 1. The molecule has 0 spiro atoms. The molecule has 2 amide bonds. The van der Waals surface area contributed by atoms with Crippen LogP contribution in [0.5, 0.6) is 0 Å². The van der Waals surface area contributed by atoms with Gasteiger partial charge in [0.25, 0.3) is 0 Å². The molecule has 10 N–H and O–H groups in total. The number of nitrogens with zero attached hydrogens (tertiary/aromatic N) is 4. The van der Waals surface area contributed by atoms with Crippen LogP contribution >= 0.6 is 35.2 Å². The number of amides is 2. The first kappa shape index (κ1) is 46.9. The van der Waals surface area contributed by atoms with Crippen LogP contribution in [-0.2, 0) is 50.7 Å². The number of aliphatic hydroxyl groups excluding tert-OH is 2. The predicted octanol–water partition coefficient (Wildman–Crippen LogP) is 0.101. The molecule has 8 atom stereocenters. The van der Waals surface area contributed by atoms with Crippen molar-refractivity contribution in [3.8, 4) is 0 Å². The molecule has 1 aliphatic heterocycles. The lowest BCUT2D eigenvalue weighted by Gasteiger charge is -2.30. The lowest BCUT2D eigenvalue weighted by Crippen LogP contribution is -2.46. The number of carbonyl (C=O) groups excluding carboxylic acids is 3. The van der Waals surface area contributed by atoms with Crippen molar-refractivity contribution in [1.82, 2.24) is 30.2 Å². The van der Waals surface area contributed by atoms with Crippen molar-refractivity contribution in [2.24, 2.45) is 11.3 Å². The van der Waals surface area contributed by atoms with Crippen LogP contribution in [0.2, 0.25) is 0 Å². The SMILES string of the molecule is CCCC(C)C(=O)SCCNC(=O)CCNC(=O)[C@H](O)C(C)(C)COP(=O)(O)OP(=O)(O)OC[C@H]1O[C@@H](n2cnc3c(N)ncnc32)[C@H](O)[C@@H]1OP(=O)(O)O. The average Bonchev–Trinajstić information content (AvgIpc) is 3.64. The van der Waals surface area contributed by atoms with Crippen LogP contribution in [0.3, 0.4) is 0 Å². The summed E-state index contributed by atoms with van der Waals surface area (Å²) in [6.07, 6.45) is -5.23. The van der Waals surface area contributed by atoms with E-state index in [1.807, 2.05) is 13.8 Å². The number of fused-ring (bicyclic) bond motifs is 1. The van der Waals surface area contributed by atoms with Gasteiger partial charge in [-0.1, -0.05) is 45.9 Å². The first-order chi connectivity index (χ1) is 25.5. The highest BCUT2D eigenvalue weighted by Crippen LogP contribution is 2.61. The Morgan fingerprint density at radius 1 is 1.07 bits per heavy atom. The van der Waals surface area contributed by atoms with Crippen molar-refractivity contribution in [2.75, 3.05) is 37.8 Å². The molecule has 28 heteroatoms. The van der Waals surface area contributed by atoms with Gasteiger partial charge >= 0.3 is 23.5 Å². The van der Waals surface area contributed by atoms with Gasteiger partial charge in [0.2, 0.25) is 11.8 Å². The number of anilines is 1. The number of phosphoric ester groups is 3. The first-order valence-electron chi connectivity index (χ1n) is 16.5. The summed E-state index contributed by atoms with van der Waals surface area (Å²) in [5.41, 5.74) is 4.27. The van der Waals surface area contributed by atoms with Crippen molar-refractivity contribution >= 4 is 69.1 Å². The van der Waals surface area contributed by atoms with Gasteiger partial charge < -0.3 is 50.9 Å². The van der Waals surface area contributed by atoms with Gasteiger partial charge in [0.05, 0.1) is 19.5 Å². The fraction of sp³-hybridized carbons (Fsp3) is 0.704. The number of hydrogen-bond donors (Lipinski definition) is 9. The van der Waals surface area contributed by atoms with Crippen LogP contribution in [0.1, 0.15) is 53.2 Å². The second-order valence-electron chi connectivity index (χ2n) is 12.9. The summed E-state index contributed by atoms with van der Waals surface area (Å²) in [6, 6.07) is 0. The standard InChI is InChI=1S/C27H46N7O17P3S/c1-5-6-15(2)26(39)55-10-9-29-17(35)7-8-30-24(38)21(37)27(3,4)12-48-54(45,46)51-53(43,44)47-11-16-20(50-52(40,41)42)19(36)25(49-16)34-14-33-18-22(28)31-13-32-23(18)34/h13-16,19-21,25,36-37H,5-12H2,1-4H3,(H,29,35)(H,30,38)(H,43,44)(H,45,46)(H2,28,31,32)(H2,40,41,42)/t15?,16-,19-,20-,21+,25-/m1/s1. The van der Waals surface area contributed by atoms with E-state index in [4.69, 9.17) is 19.5 Å². The van der Waals surface area contributed by atoms with Gasteiger partial charge in [-0.25, -0.2) is 28.6 Å². The number of nitrogens with two attached hydrogens (primary N) is 1. The molecular weight excluding hydrogens is 819 g/mol. The molecule has 1 saturated heterocycles. The number of carbonyl (C=O) groups is 3. The highest BCUT2D eigenvalue weighted by Gasteiger charge is 2.50. The van der Waals surface area contributed by atoms with E-state index in [0.717, 1.165) is 41.8 Å². The number of phosphoric acid groups is 3. The number of aliphatic hydroxyl groups is 2. The van der Waals surface area contributed by atoms with E-state index in [1.165, 1.54) is 13.8 Å². The van der Waals surface area contributed by atoms with Crippen LogP contribution < -0.4 is 16.4 Å². The van der Waals surface area contributed by atoms with E-state index >= 15 is 0 Å². The Balaban J connectivity index is 1.50. The Hall–Kier alpha value is -2.44. The summed E-state index contributed by atoms with van der Waals surface area (Å²) in [7, 11) is -16.4. The molecule has 0 radical (unpaired) electrons. The topological polar surface area (TPSA) is 364 Å². The summed E-state index contributed by atoms with van der Waals surface area (Å²) >= 11 is 1.12. The van der Waals surface area contributed by atoms with Crippen molar-refractivity contribution < 1.29 is 80.5 Å². The Bertz CT molecular complexity index is 1800. The Morgan fingerprint density at radius 2 is 1.75 bits per heavy atom. The van der Waals surface area contributed by atoms with Crippen LogP contribution in [0, 0.1) is 11.3 Å². The molecule has 0 saturated carbocycles. The minimum Gasteiger partial charge on any atom is -0.386 e. The molecule has 24 nitrogen and oxygen atoms in total. The number of thioether (sulfide) groups is 1. The normalized spacial score (nSPS) is 22.4. The zero-order valence-corrected chi connectivity index (χ0v) is 33.6. The van der Waals surface area contributed by atoms with Gasteiger partial charge in [-0.15, -0.1) is 0 Å². The molecular formula is C27H46N7O17P3S. The molecule has 2 aromatic rings. The van der Waals surface area contributed by atoms with Crippen LogP contribution in [0.25, 0.3) is 11.2 Å². The van der Waals surface area contributed by atoms with Crippen molar-refractivity contribution in [2.45, 2.75) is 77.6 Å². The van der Waals surface area contributed by atoms with Crippen molar-refractivity contribution in [3.05, 3.63) is 12.7 Å². The van der Waals surface area contributed by atoms with Gasteiger partial charge in [0, 0.05) is 36.6 Å². The quantitative estimate of drug-likeness (QED) is 0.0560. The lowest BCUT2D eigenvalue weighted by atomic mass is 9.87. The fourth-order valence-corrected chi connectivity index (χ4v) is 8.61. The van der Waals surface area contributed by atoms with Crippen molar-refractivity contribution in [1.29, 1.82) is 0 Å². The monoisotopic (exact) mass is 865 g/mol. The molecule has 3 rings (SSSR count). The lowest BCUT2D eigenvalue weighted by molar-refractivity contribution is -0.137. The number of rotatable bonds is 22. The summed E-state index contributed by atoms with van der Waals surface area (Å²) in [5.74, 6) is -1.14. The van der Waals surface area contributed by atoms with E-state index in [0.29, 0.717) is 5.75 Å². The van der Waals surface area contributed by atoms with E-state index in [2.05, 4.69) is 34.4 Å². The van der Waals surface area contributed by atoms with Crippen LogP contribution in [0.15, 0.2) is 12.7 Å². The van der Waals surface area contributed by atoms with Crippen LogP contribution in [-0.4, -0.2) is 123 Å². The fourth-order valence-electron chi connectivity index (χ4n) is 4.97. The zero-order chi connectivity index (χ0) is 41.4. The van der Waals surface area contributed by atoms with Gasteiger partial charge in [0.15, 0.2) is 22.8 Å². The molecule has 0 bridgehead atoms. The number of hydrogen-bond acceptors (Lipinski definition) is 18. The summed E-state index contributed by atoms with van der Waals surface area (Å²) in [4.78, 5) is 87.5. The molecule has 2 aromatic heterocycles. The van der Waals surface area contributed by atoms with E-state index in [-0.39, 0.29) is 47.5 Å². The molecule has 3 unspecified atom stereocenters. The van der Waals surface area contributed by atoms with Crippen molar-refractivity contribution in [3.63, 3.8) is 0 Å². The van der Waals surface area contributed by atoms with E-state index in [1.54, 1.807) is 0 Å². The highest BCUT2D eigenvalue weighted by atomic mass is 32.2. The van der Waals surface area contributed by atoms with Gasteiger partial charge in [-0.3, -0.25) is 32.5 Å². The number of nitrogen functional groups attached to an aromatic ring is 1. The van der Waals surface area contributed by atoms with Gasteiger partial charge in [-0.2, -0.15) is 4.31 Å². The molecule has 0 aliphatic carbocycles. The number of nitrogens with one attached hydrogen (secondary N) is 2. The molecule has 312 valence electrons. The summed E-state index contributed by atoms with van der Waals surface area (Å²) in [5, 5.41) is 26.4.